The lowest BCUT2D eigenvalue weighted by atomic mass is 10.2. The quantitative estimate of drug-likeness (QED) is 0.747. The van der Waals surface area contributed by atoms with Gasteiger partial charge < -0.3 is 10.7 Å². The Kier molecular flexibility index (Phi) is 4.33. The number of hydrogen-bond donors (Lipinski definition) is 3. The van der Waals surface area contributed by atoms with Crippen LogP contribution in [-0.2, 0) is 23.1 Å². The third-order valence-electron chi connectivity index (χ3n) is 2.54. The standard InChI is InChI=1S/C11H12FN3O3S2/c12-9-2-1-7(4-13)3-10(9)20(17,18)14-5-8-6-19-11(16)15-8/h1-3,6,14H,4-5,13H2,(H,15,16). The van der Waals surface area contributed by atoms with E-state index >= 15 is 0 Å². The largest absolute Gasteiger partial charge is 0.326 e. The number of benzene rings is 1. The van der Waals surface area contributed by atoms with Gasteiger partial charge >= 0.3 is 4.87 Å². The molecule has 0 aliphatic heterocycles. The first-order valence-electron chi connectivity index (χ1n) is 5.57. The molecule has 0 unspecified atom stereocenters. The van der Waals surface area contributed by atoms with Crippen LogP contribution in [0, 0.1) is 5.82 Å². The zero-order chi connectivity index (χ0) is 14.8. The van der Waals surface area contributed by atoms with E-state index in [0.29, 0.717) is 11.3 Å². The molecule has 1 heterocycles. The van der Waals surface area contributed by atoms with Gasteiger partial charge in [0.1, 0.15) is 10.7 Å². The molecule has 108 valence electrons. The van der Waals surface area contributed by atoms with E-state index in [1.165, 1.54) is 17.5 Å². The van der Waals surface area contributed by atoms with Crippen LogP contribution in [0.4, 0.5) is 4.39 Å². The van der Waals surface area contributed by atoms with Crippen molar-refractivity contribution in [3.05, 3.63) is 50.3 Å². The maximum Gasteiger partial charge on any atom is 0.304 e. The molecule has 4 N–H and O–H groups in total. The van der Waals surface area contributed by atoms with Crippen LogP contribution < -0.4 is 15.3 Å². The monoisotopic (exact) mass is 317 g/mol. The molecule has 9 heteroatoms. The molecule has 0 radical (unpaired) electrons. The summed E-state index contributed by atoms with van der Waals surface area (Å²) in [6, 6.07) is 3.67. The molecule has 20 heavy (non-hydrogen) atoms. The van der Waals surface area contributed by atoms with E-state index in [-0.39, 0.29) is 18.0 Å². The molecule has 0 aliphatic carbocycles. The average molecular weight is 317 g/mol. The van der Waals surface area contributed by atoms with Crippen LogP contribution in [0.15, 0.2) is 33.3 Å². The van der Waals surface area contributed by atoms with Gasteiger partial charge in [-0.1, -0.05) is 17.4 Å². The number of halogens is 1. The van der Waals surface area contributed by atoms with Gasteiger partial charge in [0, 0.05) is 17.6 Å². The second kappa shape index (κ2) is 5.83. The van der Waals surface area contributed by atoms with E-state index in [0.717, 1.165) is 17.4 Å². The van der Waals surface area contributed by atoms with Crippen molar-refractivity contribution in [3.8, 4) is 0 Å². The topological polar surface area (TPSA) is 105 Å². The molecule has 0 fully saturated rings. The van der Waals surface area contributed by atoms with Crippen molar-refractivity contribution in [1.82, 2.24) is 9.71 Å². The highest BCUT2D eigenvalue weighted by Crippen LogP contribution is 2.16. The van der Waals surface area contributed by atoms with Crippen LogP contribution in [0.25, 0.3) is 0 Å². The van der Waals surface area contributed by atoms with E-state index in [4.69, 9.17) is 5.73 Å². The molecule has 0 saturated heterocycles. The predicted octanol–water partition coefficient (Wildman–Crippen LogP) is 0.513. The van der Waals surface area contributed by atoms with Crippen molar-refractivity contribution in [1.29, 1.82) is 0 Å². The average Bonchev–Trinajstić information content (AvgIpc) is 2.83. The van der Waals surface area contributed by atoms with Gasteiger partial charge in [0.15, 0.2) is 0 Å². The Morgan fingerprint density at radius 3 is 2.75 bits per heavy atom. The summed E-state index contributed by atoms with van der Waals surface area (Å²) >= 11 is 0.923. The number of thiazole rings is 1. The first-order chi connectivity index (χ1) is 9.42. The molecular weight excluding hydrogens is 305 g/mol. The summed E-state index contributed by atoms with van der Waals surface area (Å²) in [6.07, 6.45) is 0. The summed E-state index contributed by atoms with van der Waals surface area (Å²) in [6.45, 7) is -0.00594. The van der Waals surface area contributed by atoms with Crippen LogP contribution >= 0.6 is 11.3 Å². The summed E-state index contributed by atoms with van der Waals surface area (Å²) in [5, 5.41) is 1.50. The van der Waals surface area contributed by atoms with Gasteiger partial charge in [0.2, 0.25) is 10.0 Å². The molecule has 2 aromatic rings. The highest BCUT2D eigenvalue weighted by Gasteiger charge is 2.19. The fourth-order valence-electron chi connectivity index (χ4n) is 1.53. The number of rotatable bonds is 5. The van der Waals surface area contributed by atoms with Crippen LogP contribution in [0.1, 0.15) is 11.3 Å². The van der Waals surface area contributed by atoms with Crippen LogP contribution in [0.5, 0.6) is 0 Å². The number of nitrogens with two attached hydrogens (primary N) is 1. The Hall–Kier alpha value is -1.55. The van der Waals surface area contributed by atoms with Crippen molar-refractivity contribution < 1.29 is 12.8 Å². The Morgan fingerprint density at radius 2 is 2.15 bits per heavy atom. The minimum Gasteiger partial charge on any atom is -0.326 e. The number of aromatic amines is 1. The highest BCUT2D eigenvalue weighted by molar-refractivity contribution is 7.89. The zero-order valence-corrected chi connectivity index (χ0v) is 11.9. The molecule has 6 nitrogen and oxygen atoms in total. The second-order valence-electron chi connectivity index (χ2n) is 3.97. The minimum absolute atomic E-state index is 0.112. The maximum absolute atomic E-state index is 13.6. The summed E-state index contributed by atoms with van der Waals surface area (Å²) < 4.78 is 39.9. The van der Waals surface area contributed by atoms with Crippen LogP contribution in [0.3, 0.4) is 0 Å². The molecule has 1 aromatic heterocycles. The normalized spacial score (nSPS) is 11.7. The maximum atomic E-state index is 13.6. The number of sulfonamides is 1. The lowest BCUT2D eigenvalue weighted by Gasteiger charge is -2.08. The number of nitrogens with one attached hydrogen (secondary N) is 2. The van der Waals surface area contributed by atoms with E-state index in [1.807, 2.05) is 0 Å². The molecule has 1 aromatic carbocycles. The molecule has 0 bridgehead atoms. The smallest absolute Gasteiger partial charge is 0.304 e. The predicted molar refractivity (Wildman–Crippen MR) is 73.3 cm³/mol. The third-order valence-corrected chi connectivity index (χ3v) is 4.68. The highest BCUT2D eigenvalue weighted by atomic mass is 32.2. The van der Waals surface area contributed by atoms with Gasteiger partial charge in [-0.05, 0) is 17.7 Å². The zero-order valence-electron chi connectivity index (χ0n) is 10.2. The molecule has 0 saturated carbocycles. The molecule has 0 aliphatic rings. The summed E-state index contributed by atoms with van der Waals surface area (Å²) in [5.74, 6) is -0.853. The molecular formula is C11H12FN3O3S2. The van der Waals surface area contributed by atoms with Crippen molar-refractivity contribution in [2.24, 2.45) is 5.73 Å². The van der Waals surface area contributed by atoms with E-state index in [1.54, 1.807) is 0 Å². The van der Waals surface area contributed by atoms with Crippen LogP contribution in [-0.4, -0.2) is 13.4 Å². The van der Waals surface area contributed by atoms with E-state index < -0.39 is 20.7 Å². The Balaban J connectivity index is 2.24. The third kappa shape index (κ3) is 3.31. The van der Waals surface area contributed by atoms with Crippen molar-refractivity contribution in [2.75, 3.05) is 0 Å². The Bertz CT molecular complexity index is 767. The number of aromatic nitrogens is 1. The first kappa shape index (κ1) is 14.9. The Morgan fingerprint density at radius 1 is 1.40 bits per heavy atom. The van der Waals surface area contributed by atoms with Crippen molar-refractivity contribution >= 4 is 21.4 Å². The van der Waals surface area contributed by atoms with Gasteiger partial charge in [-0.2, -0.15) is 0 Å². The SMILES string of the molecule is NCc1ccc(F)c(S(=O)(=O)NCc2csc(=O)[nH]2)c1. The number of hydrogen-bond acceptors (Lipinski definition) is 5. The van der Waals surface area contributed by atoms with Gasteiger partial charge in [-0.3, -0.25) is 4.79 Å². The van der Waals surface area contributed by atoms with Gasteiger partial charge in [0.25, 0.3) is 0 Å². The summed E-state index contributed by atoms with van der Waals surface area (Å²) in [5.41, 5.74) is 6.33. The molecule has 0 spiro atoms. The Labute approximate surface area is 118 Å². The molecule has 0 amide bonds. The van der Waals surface area contributed by atoms with Gasteiger partial charge in [-0.15, -0.1) is 0 Å². The molecule has 0 atom stereocenters. The number of H-pyrrole nitrogens is 1. The molecule has 2 rings (SSSR count). The fraction of sp³-hybridized carbons (Fsp3) is 0.182. The summed E-state index contributed by atoms with van der Waals surface area (Å²) in [4.78, 5) is 12.7. The first-order valence-corrected chi connectivity index (χ1v) is 7.93. The summed E-state index contributed by atoms with van der Waals surface area (Å²) in [7, 11) is -4.01. The van der Waals surface area contributed by atoms with Gasteiger partial charge in [-0.25, -0.2) is 17.5 Å². The second-order valence-corrected chi connectivity index (χ2v) is 6.54. The van der Waals surface area contributed by atoms with Gasteiger partial charge in [0.05, 0.1) is 6.54 Å². The lowest BCUT2D eigenvalue weighted by Crippen LogP contribution is -2.25. The van der Waals surface area contributed by atoms with Crippen LogP contribution in [0.2, 0.25) is 0 Å². The lowest BCUT2D eigenvalue weighted by molar-refractivity contribution is 0.555. The minimum atomic E-state index is -4.01. The van der Waals surface area contributed by atoms with E-state index in [9.17, 15) is 17.6 Å². The van der Waals surface area contributed by atoms with Crippen molar-refractivity contribution in [3.63, 3.8) is 0 Å². The van der Waals surface area contributed by atoms with Crippen molar-refractivity contribution in [2.45, 2.75) is 18.0 Å². The fourth-order valence-corrected chi connectivity index (χ4v) is 3.25. The van der Waals surface area contributed by atoms with E-state index in [2.05, 4.69) is 9.71 Å².